The van der Waals surface area contributed by atoms with Crippen LogP contribution >= 0.6 is 0 Å². The van der Waals surface area contributed by atoms with E-state index in [2.05, 4.69) is 5.32 Å². The average molecular weight is 266 g/mol. The van der Waals surface area contributed by atoms with Gasteiger partial charge in [0.15, 0.2) is 0 Å². The number of hydrogen-bond acceptors (Lipinski definition) is 6. The Morgan fingerprint density at radius 3 is 2.37 bits per heavy atom. The van der Waals surface area contributed by atoms with E-state index < -0.39 is 12.1 Å². The molecule has 0 saturated heterocycles. The number of aliphatic hydroxyl groups is 3. The molecule has 0 saturated carbocycles. The molecule has 19 heavy (non-hydrogen) atoms. The van der Waals surface area contributed by atoms with E-state index in [1.165, 1.54) is 0 Å². The first-order valence-corrected chi connectivity index (χ1v) is 5.95. The predicted octanol–water partition coefficient (Wildman–Crippen LogP) is -0.759. The van der Waals surface area contributed by atoms with Crippen molar-refractivity contribution in [1.82, 2.24) is 5.32 Å². The average Bonchev–Trinajstić information content (AvgIpc) is 2.46. The van der Waals surface area contributed by atoms with Crippen LogP contribution in [0.5, 0.6) is 5.75 Å². The number of nitriles is 1. The van der Waals surface area contributed by atoms with Gasteiger partial charge in [0.05, 0.1) is 30.9 Å². The number of rotatable bonds is 8. The van der Waals surface area contributed by atoms with E-state index in [1.54, 1.807) is 24.3 Å². The Morgan fingerprint density at radius 1 is 1.21 bits per heavy atom. The van der Waals surface area contributed by atoms with Crippen molar-refractivity contribution in [2.45, 2.75) is 12.1 Å². The Balaban J connectivity index is 2.29. The Kier molecular flexibility index (Phi) is 6.85. The summed E-state index contributed by atoms with van der Waals surface area (Å²) in [6, 6.07) is 8.14. The zero-order valence-corrected chi connectivity index (χ0v) is 10.5. The molecule has 6 heteroatoms. The highest BCUT2D eigenvalue weighted by Gasteiger charge is 2.09. The molecule has 1 aromatic rings. The summed E-state index contributed by atoms with van der Waals surface area (Å²) in [5.41, 5.74) is 0.545. The van der Waals surface area contributed by atoms with E-state index in [0.29, 0.717) is 11.3 Å². The lowest BCUT2D eigenvalue weighted by atomic mass is 10.2. The summed E-state index contributed by atoms with van der Waals surface area (Å²) in [6.45, 7) is -0.0933. The highest BCUT2D eigenvalue weighted by molar-refractivity contribution is 5.34. The van der Waals surface area contributed by atoms with Gasteiger partial charge in [0.25, 0.3) is 0 Å². The summed E-state index contributed by atoms with van der Waals surface area (Å²) in [4.78, 5) is 0. The first-order chi connectivity index (χ1) is 9.19. The summed E-state index contributed by atoms with van der Waals surface area (Å²) in [5, 5.41) is 38.8. The van der Waals surface area contributed by atoms with Crippen molar-refractivity contribution >= 4 is 0 Å². The van der Waals surface area contributed by atoms with Gasteiger partial charge in [-0.1, -0.05) is 0 Å². The zero-order chi connectivity index (χ0) is 14.1. The van der Waals surface area contributed by atoms with E-state index in [-0.39, 0.29) is 26.4 Å². The number of nitrogens with zero attached hydrogens (tertiary/aromatic N) is 1. The van der Waals surface area contributed by atoms with Gasteiger partial charge in [-0.05, 0) is 24.3 Å². The van der Waals surface area contributed by atoms with E-state index in [1.807, 2.05) is 6.07 Å². The molecule has 6 nitrogen and oxygen atoms in total. The SMILES string of the molecule is N#Cc1ccc(OCC(O)CNC(CO)CO)cc1. The second kappa shape index (κ2) is 8.45. The standard InChI is InChI=1S/C13H18N2O4/c14-5-10-1-3-13(4-2-10)19-9-12(18)6-15-11(7-16)8-17/h1-4,11-12,15-18H,6-9H2. The summed E-state index contributed by atoms with van der Waals surface area (Å²) >= 11 is 0. The van der Waals surface area contributed by atoms with Crippen LogP contribution in [0.15, 0.2) is 24.3 Å². The van der Waals surface area contributed by atoms with Gasteiger partial charge in [0.2, 0.25) is 0 Å². The Labute approximate surface area is 111 Å². The fourth-order valence-corrected chi connectivity index (χ4v) is 1.37. The maximum absolute atomic E-state index is 9.65. The molecule has 1 rings (SSSR count). The van der Waals surface area contributed by atoms with Crippen molar-refractivity contribution < 1.29 is 20.1 Å². The molecule has 0 spiro atoms. The van der Waals surface area contributed by atoms with Gasteiger partial charge >= 0.3 is 0 Å². The quantitative estimate of drug-likeness (QED) is 0.493. The van der Waals surface area contributed by atoms with Gasteiger partial charge in [0.1, 0.15) is 18.5 Å². The third-order valence-electron chi connectivity index (χ3n) is 2.51. The normalized spacial score (nSPS) is 12.2. The van der Waals surface area contributed by atoms with Crippen LogP contribution in [0.1, 0.15) is 5.56 Å². The summed E-state index contributed by atoms with van der Waals surface area (Å²) in [7, 11) is 0. The molecule has 104 valence electrons. The third-order valence-corrected chi connectivity index (χ3v) is 2.51. The van der Waals surface area contributed by atoms with E-state index >= 15 is 0 Å². The van der Waals surface area contributed by atoms with Crippen LogP contribution in [0.2, 0.25) is 0 Å². The number of aliphatic hydroxyl groups excluding tert-OH is 3. The minimum Gasteiger partial charge on any atom is -0.491 e. The lowest BCUT2D eigenvalue weighted by Crippen LogP contribution is -2.41. The molecular weight excluding hydrogens is 248 g/mol. The monoisotopic (exact) mass is 266 g/mol. The largest absolute Gasteiger partial charge is 0.491 e. The van der Waals surface area contributed by atoms with Crippen molar-refractivity contribution in [3.05, 3.63) is 29.8 Å². The Morgan fingerprint density at radius 2 is 1.84 bits per heavy atom. The molecule has 1 unspecified atom stereocenters. The van der Waals surface area contributed by atoms with Gasteiger partial charge < -0.3 is 25.4 Å². The molecule has 0 heterocycles. The summed E-state index contributed by atoms with van der Waals surface area (Å²) in [6.07, 6.45) is -0.753. The molecule has 1 aromatic carbocycles. The second-order valence-corrected chi connectivity index (χ2v) is 4.07. The zero-order valence-electron chi connectivity index (χ0n) is 10.5. The number of nitrogens with one attached hydrogen (secondary N) is 1. The van der Waals surface area contributed by atoms with Gasteiger partial charge in [0, 0.05) is 6.54 Å². The molecule has 0 bridgehead atoms. The smallest absolute Gasteiger partial charge is 0.119 e. The van der Waals surface area contributed by atoms with Crippen LogP contribution in [-0.2, 0) is 0 Å². The van der Waals surface area contributed by atoms with Crippen LogP contribution in [0.4, 0.5) is 0 Å². The Hall–Kier alpha value is -1.65. The molecule has 0 aliphatic rings. The van der Waals surface area contributed by atoms with Gasteiger partial charge in [-0.25, -0.2) is 0 Å². The predicted molar refractivity (Wildman–Crippen MR) is 68.6 cm³/mol. The number of ether oxygens (including phenoxy) is 1. The first-order valence-electron chi connectivity index (χ1n) is 5.95. The molecule has 4 N–H and O–H groups in total. The highest BCUT2D eigenvalue weighted by atomic mass is 16.5. The molecule has 0 aliphatic heterocycles. The van der Waals surface area contributed by atoms with Crippen molar-refractivity contribution in [2.75, 3.05) is 26.4 Å². The van der Waals surface area contributed by atoms with E-state index in [0.717, 1.165) is 0 Å². The van der Waals surface area contributed by atoms with E-state index in [9.17, 15) is 5.11 Å². The van der Waals surface area contributed by atoms with Gasteiger partial charge in [-0.2, -0.15) is 5.26 Å². The van der Waals surface area contributed by atoms with E-state index in [4.69, 9.17) is 20.2 Å². The molecule has 1 atom stereocenters. The Bertz CT molecular complexity index is 398. The molecule has 0 amide bonds. The van der Waals surface area contributed by atoms with Crippen molar-refractivity contribution in [3.63, 3.8) is 0 Å². The van der Waals surface area contributed by atoms with Crippen molar-refractivity contribution in [1.29, 1.82) is 5.26 Å². The van der Waals surface area contributed by atoms with Gasteiger partial charge in [-0.15, -0.1) is 0 Å². The third kappa shape index (κ3) is 5.68. The lowest BCUT2D eigenvalue weighted by molar-refractivity contribution is 0.0929. The second-order valence-electron chi connectivity index (χ2n) is 4.07. The van der Waals surface area contributed by atoms with Crippen molar-refractivity contribution in [2.24, 2.45) is 0 Å². The van der Waals surface area contributed by atoms with Gasteiger partial charge in [-0.3, -0.25) is 0 Å². The van der Waals surface area contributed by atoms with Crippen LogP contribution < -0.4 is 10.1 Å². The fourth-order valence-electron chi connectivity index (χ4n) is 1.37. The van der Waals surface area contributed by atoms with Crippen LogP contribution in [0.3, 0.4) is 0 Å². The molecule has 0 fully saturated rings. The molecule has 0 radical (unpaired) electrons. The number of hydrogen-bond donors (Lipinski definition) is 4. The fraction of sp³-hybridized carbons (Fsp3) is 0.462. The number of benzene rings is 1. The topological polar surface area (TPSA) is 106 Å². The maximum Gasteiger partial charge on any atom is 0.119 e. The molecule has 0 aromatic heterocycles. The lowest BCUT2D eigenvalue weighted by Gasteiger charge is -2.17. The molecule has 0 aliphatic carbocycles. The van der Waals surface area contributed by atoms with Crippen molar-refractivity contribution in [3.8, 4) is 11.8 Å². The minimum atomic E-state index is -0.753. The van der Waals surface area contributed by atoms with Crippen LogP contribution in [0, 0.1) is 11.3 Å². The van der Waals surface area contributed by atoms with Crippen LogP contribution in [-0.4, -0.2) is 53.8 Å². The first kappa shape index (κ1) is 15.4. The molecular formula is C13H18N2O4. The van der Waals surface area contributed by atoms with Crippen LogP contribution in [0.25, 0.3) is 0 Å². The highest BCUT2D eigenvalue weighted by Crippen LogP contribution is 2.11. The summed E-state index contributed by atoms with van der Waals surface area (Å²) in [5.74, 6) is 0.568. The minimum absolute atomic E-state index is 0.0858. The maximum atomic E-state index is 9.65. The summed E-state index contributed by atoms with van der Waals surface area (Å²) < 4.78 is 5.34.